The number of hydrogen-bond acceptors (Lipinski definition) is 6. The maximum atomic E-state index is 12.2. The molecule has 0 unspecified atom stereocenters. The van der Waals surface area contributed by atoms with E-state index < -0.39 is 24.0 Å². The minimum atomic E-state index is -1.05. The molecule has 2 rings (SSSR count). The van der Waals surface area contributed by atoms with Crippen molar-refractivity contribution in [3.8, 4) is 6.07 Å². The van der Waals surface area contributed by atoms with Crippen LogP contribution in [0.3, 0.4) is 0 Å². The predicted octanol–water partition coefficient (Wildman–Crippen LogP) is 1.66. The fourth-order valence-corrected chi connectivity index (χ4v) is 2.67. The number of hydrogen-bond donors (Lipinski definition) is 1. The molecule has 8 nitrogen and oxygen atoms in total. The molecule has 0 spiro atoms. The Balaban J connectivity index is 1.75. The lowest BCUT2D eigenvalue weighted by Gasteiger charge is -2.27. The van der Waals surface area contributed by atoms with Gasteiger partial charge in [0.1, 0.15) is 5.54 Å². The zero-order chi connectivity index (χ0) is 20.9. The van der Waals surface area contributed by atoms with Crippen molar-refractivity contribution in [2.24, 2.45) is 5.92 Å². The first-order chi connectivity index (χ1) is 13.2. The average Bonchev–Trinajstić information content (AvgIpc) is 2.91. The quantitative estimate of drug-likeness (QED) is 0.537. The van der Waals surface area contributed by atoms with E-state index in [9.17, 15) is 24.4 Å². The van der Waals surface area contributed by atoms with Crippen molar-refractivity contribution in [1.82, 2.24) is 10.2 Å². The molecule has 0 saturated carbocycles. The lowest BCUT2D eigenvalue weighted by molar-refractivity contribution is -0.149. The summed E-state index contributed by atoms with van der Waals surface area (Å²) < 4.78 is 4.91. The van der Waals surface area contributed by atoms with E-state index in [0.717, 1.165) is 4.90 Å². The lowest BCUT2D eigenvalue weighted by atomic mass is 9.90. The van der Waals surface area contributed by atoms with E-state index in [4.69, 9.17) is 4.74 Å². The fourth-order valence-electron chi connectivity index (χ4n) is 2.67. The third-order valence-electron chi connectivity index (χ3n) is 4.79. The second kappa shape index (κ2) is 8.65. The van der Waals surface area contributed by atoms with Crippen LogP contribution < -0.4 is 5.32 Å². The van der Waals surface area contributed by atoms with Crippen LogP contribution >= 0.6 is 0 Å². The number of nitriles is 1. The van der Waals surface area contributed by atoms with Crippen LogP contribution in [0.15, 0.2) is 24.3 Å². The van der Waals surface area contributed by atoms with Crippen molar-refractivity contribution in [3.05, 3.63) is 35.4 Å². The molecular formula is C20H23N3O5. The molecule has 3 amide bonds. The van der Waals surface area contributed by atoms with Gasteiger partial charge in [0.05, 0.1) is 17.2 Å². The first-order valence-corrected chi connectivity index (χ1v) is 9.02. The van der Waals surface area contributed by atoms with Crippen molar-refractivity contribution in [3.63, 3.8) is 0 Å². The minimum absolute atomic E-state index is 0.0413. The van der Waals surface area contributed by atoms with Gasteiger partial charge in [0, 0.05) is 13.0 Å². The van der Waals surface area contributed by atoms with Crippen molar-refractivity contribution < 1.29 is 23.9 Å². The fraction of sp³-hybridized carbons (Fsp3) is 0.450. The monoisotopic (exact) mass is 385 g/mol. The number of rotatable bonds is 8. The Hall–Kier alpha value is -3.21. The number of nitrogens with one attached hydrogen (secondary N) is 1. The first kappa shape index (κ1) is 21.1. The third-order valence-corrected chi connectivity index (χ3v) is 4.79. The van der Waals surface area contributed by atoms with Gasteiger partial charge in [-0.15, -0.1) is 0 Å². The zero-order valence-electron chi connectivity index (χ0n) is 16.2. The summed E-state index contributed by atoms with van der Waals surface area (Å²) in [7, 11) is 0. The van der Waals surface area contributed by atoms with Gasteiger partial charge in [-0.05, 0) is 31.4 Å². The van der Waals surface area contributed by atoms with Gasteiger partial charge in [0.15, 0.2) is 6.61 Å². The number of carbonyl (C=O) groups excluding carboxylic acids is 4. The number of fused-ring (bicyclic) bond motifs is 1. The molecule has 0 aliphatic carbocycles. The molecule has 1 aliphatic heterocycles. The molecule has 1 aromatic rings. The molecule has 0 aromatic heterocycles. The average molecular weight is 385 g/mol. The molecule has 1 aromatic carbocycles. The number of esters is 1. The molecule has 1 heterocycles. The SMILES string of the molecule is CC(C)[C@](C)(C#N)NC(=O)COC(=O)CCCN1C(=O)c2ccccc2C1=O. The van der Waals surface area contributed by atoms with Gasteiger partial charge < -0.3 is 10.1 Å². The van der Waals surface area contributed by atoms with Crippen LogP contribution in [0.4, 0.5) is 0 Å². The van der Waals surface area contributed by atoms with E-state index in [1.54, 1.807) is 45.0 Å². The van der Waals surface area contributed by atoms with Crippen LogP contribution in [-0.4, -0.2) is 47.3 Å². The number of amides is 3. The van der Waals surface area contributed by atoms with Crippen LogP contribution in [0, 0.1) is 17.2 Å². The van der Waals surface area contributed by atoms with Crippen LogP contribution in [-0.2, 0) is 14.3 Å². The zero-order valence-corrected chi connectivity index (χ0v) is 16.2. The summed E-state index contributed by atoms with van der Waals surface area (Å²) in [6, 6.07) is 8.59. The molecule has 0 bridgehead atoms. The molecule has 1 N–H and O–H groups in total. The van der Waals surface area contributed by atoms with Crippen molar-refractivity contribution in [2.45, 2.75) is 39.2 Å². The number of carbonyl (C=O) groups is 4. The maximum absolute atomic E-state index is 12.2. The summed E-state index contributed by atoms with van der Waals surface area (Å²) in [5.41, 5.74) is -0.329. The van der Waals surface area contributed by atoms with E-state index in [0.29, 0.717) is 11.1 Å². The van der Waals surface area contributed by atoms with E-state index >= 15 is 0 Å². The highest BCUT2D eigenvalue weighted by Gasteiger charge is 2.34. The molecule has 0 fully saturated rings. The Morgan fingerprint density at radius 3 is 2.29 bits per heavy atom. The van der Waals surface area contributed by atoms with Crippen LogP contribution in [0.5, 0.6) is 0 Å². The number of nitrogens with zero attached hydrogens (tertiary/aromatic N) is 2. The number of imide groups is 1. The molecular weight excluding hydrogens is 362 g/mol. The Bertz CT molecular complexity index is 807. The summed E-state index contributed by atoms with van der Waals surface area (Å²) in [5, 5.41) is 11.7. The highest BCUT2D eigenvalue weighted by atomic mass is 16.5. The number of benzene rings is 1. The summed E-state index contributed by atoms with van der Waals surface area (Å²) >= 11 is 0. The second-order valence-electron chi connectivity index (χ2n) is 7.09. The van der Waals surface area contributed by atoms with Gasteiger partial charge in [-0.3, -0.25) is 24.1 Å². The van der Waals surface area contributed by atoms with Gasteiger partial charge in [-0.25, -0.2) is 0 Å². The molecule has 1 atom stereocenters. The summed E-state index contributed by atoms with van der Waals surface area (Å²) in [4.78, 5) is 49.3. The van der Waals surface area contributed by atoms with Gasteiger partial charge in [0.25, 0.3) is 17.7 Å². The topological polar surface area (TPSA) is 117 Å². The Morgan fingerprint density at radius 2 is 1.79 bits per heavy atom. The van der Waals surface area contributed by atoms with E-state index in [2.05, 4.69) is 5.32 Å². The molecule has 148 valence electrons. The van der Waals surface area contributed by atoms with Crippen LogP contribution in [0.1, 0.15) is 54.3 Å². The van der Waals surface area contributed by atoms with Crippen LogP contribution in [0.2, 0.25) is 0 Å². The molecule has 8 heteroatoms. The highest BCUT2D eigenvalue weighted by molar-refractivity contribution is 6.21. The Labute approximate surface area is 163 Å². The summed E-state index contributed by atoms with van der Waals surface area (Å²) in [6.45, 7) is 4.80. The van der Waals surface area contributed by atoms with Crippen molar-refractivity contribution in [2.75, 3.05) is 13.2 Å². The molecule has 28 heavy (non-hydrogen) atoms. The second-order valence-corrected chi connectivity index (χ2v) is 7.09. The predicted molar refractivity (Wildman–Crippen MR) is 99.0 cm³/mol. The van der Waals surface area contributed by atoms with Gasteiger partial charge >= 0.3 is 5.97 Å². The van der Waals surface area contributed by atoms with Crippen molar-refractivity contribution >= 4 is 23.7 Å². The lowest BCUT2D eigenvalue weighted by Crippen LogP contribution is -2.50. The molecule has 0 saturated heterocycles. The van der Waals surface area contributed by atoms with E-state index in [-0.39, 0.29) is 37.1 Å². The maximum Gasteiger partial charge on any atom is 0.306 e. The molecule has 1 aliphatic rings. The Kier molecular flexibility index (Phi) is 6.52. The number of ether oxygens (including phenoxy) is 1. The van der Waals surface area contributed by atoms with Gasteiger partial charge in [0.2, 0.25) is 0 Å². The summed E-state index contributed by atoms with van der Waals surface area (Å²) in [5.74, 6) is -2.05. The van der Waals surface area contributed by atoms with Gasteiger partial charge in [-0.2, -0.15) is 5.26 Å². The minimum Gasteiger partial charge on any atom is -0.456 e. The molecule has 0 radical (unpaired) electrons. The van der Waals surface area contributed by atoms with E-state index in [1.165, 1.54) is 0 Å². The van der Waals surface area contributed by atoms with Gasteiger partial charge in [-0.1, -0.05) is 26.0 Å². The first-order valence-electron chi connectivity index (χ1n) is 9.02. The largest absolute Gasteiger partial charge is 0.456 e. The smallest absolute Gasteiger partial charge is 0.306 e. The standard InChI is InChI=1S/C20H23N3O5/c1-13(2)20(3,12-21)22-16(24)11-28-17(25)9-6-10-23-18(26)14-7-4-5-8-15(14)19(23)27/h4-5,7-8,13H,6,9-11H2,1-3H3,(H,22,24)/t20-/m0/s1. The van der Waals surface area contributed by atoms with Crippen LogP contribution in [0.25, 0.3) is 0 Å². The third kappa shape index (κ3) is 4.55. The summed E-state index contributed by atoms with van der Waals surface area (Å²) in [6.07, 6.45) is 0.189. The Morgan fingerprint density at radius 1 is 1.21 bits per heavy atom. The van der Waals surface area contributed by atoms with E-state index in [1.807, 2.05) is 6.07 Å². The van der Waals surface area contributed by atoms with Crippen molar-refractivity contribution in [1.29, 1.82) is 5.26 Å². The normalized spacial score (nSPS) is 15.0. The highest BCUT2D eigenvalue weighted by Crippen LogP contribution is 2.22.